The number of benzene rings is 1. The number of aromatic nitrogens is 3. The predicted octanol–water partition coefficient (Wildman–Crippen LogP) is 3.49. The van der Waals surface area contributed by atoms with E-state index in [9.17, 15) is 15.0 Å². The number of halogens is 1. The number of carbonyl (C=O) groups excluding carboxylic acids is 1. The average molecular weight is 474 g/mol. The molecule has 2 aromatic heterocycles. The van der Waals surface area contributed by atoms with Crippen molar-refractivity contribution in [3.8, 4) is 11.3 Å². The van der Waals surface area contributed by atoms with Gasteiger partial charge >= 0.3 is 0 Å². The molecule has 1 amide bonds. The lowest BCUT2D eigenvalue weighted by Crippen LogP contribution is -2.40. The highest BCUT2D eigenvalue weighted by Crippen LogP contribution is 2.45. The second-order valence-electron chi connectivity index (χ2n) is 9.18. The van der Waals surface area contributed by atoms with Gasteiger partial charge in [-0.15, -0.1) is 0 Å². The minimum Gasteiger partial charge on any atom is -0.392 e. The molecule has 0 saturated heterocycles. The summed E-state index contributed by atoms with van der Waals surface area (Å²) in [5.74, 6) is -1.63. The molecule has 178 valence electrons. The van der Waals surface area contributed by atoms with Crippen LogP contribution in [0.25, 0.3) is 22.3 Å². The lowest BCUT2D eigenvalue weighted by atomic mass is 9.80. The zero-order valence-corrected chi connectivity index (χ0v) is 18.8. The van der Waals surface area contributed by atoms with Gasteiger partial charge in [-0.3, -0.25) is 9.69 Å². The zero-order chi connectivity index (χ0) is 24.3. The van der Waals surface area contributed by atoms with E-state index in [1.54, 1.807) is 30.5 Å². The van der Waals surface area contributed by atoms with Crippen molar-refractivity contribution >= 4 is 28.6 Å². The number of hydrogen-bond acceptors (Lipinski definition) is 6. The molecule has 0 bridgehead atoms. The zero-order valence-electron chi connectivity index (χ0n) is 18.8. The highest BCUT2D eigenvalue weighted by atomic mass is 19.1. The molecule has 35 heavy (non-hydrogen) atoms. The summed E-state index contributed by atoms with van der Waals surface area (Å²) in [6, 6.07) is 6.96. The van der Waals surface area contributed by atoms with Crippen molar-refractivity contribution in [1.82, 2.24) is 15.0 Å². The first kappa shape index (κ1) is 21.7. The van der Waals surface area contributed by atoms with Gasteiger partial charge in [-0.2, -0.15) is 4.98 Å². The fourth-order valence-electron chi connectivity index (χ4n) is 5.09. The Morgan fingerprint density at radius 2 is 2.03 bits per heavy atom. The van der Waals surface area contributed by atoms with E-state index >= 15 is 4.39 Å². The van der Waals surface area contributed by atoms with Crippen LogP contribution in [0.15, 0.2) is 60.1 Å². The van der Waals surface area contributed by atoms with Crippen LogP contribution in [0, 0.1) is 17.8 Å². The van der Waals surface area contributed by atoms with E-state index in [2.05, 4.69) is 15.0 Å². The Bertz CT molecular complexity index is 1450. The Morgan fingerprint density at radius 1 is 1.20 bits per heavy atom. The summed E-state index contributed by atoms with van der Waals surface area (Å²) >= 11 is 0. The number of nitrogens with two attached hydrogens (primary N) is 1. The predicted molar refractivity (Wildman–Crippen MR) is 129 cm³/mol. The second-order valence-corrected chi connectivity index (χ2v) is 9.18. The highest BCUT2D eigenvalue weighted by Gasteiger charge is 2.41. The minimum atomic E-state index is -0.920. The van der Waals surface area contributed by atoms with Crippen LogP contribution in [0.1, 0.15) is 24.1 Å². The smallest absolute Gasteiger partial charge is 0.241 e. The van der Waals surface area contributed by atoms with Gasteiger partial charge in [0.05, 0.1) is 24.6 Å². The van der Waals surface area contributed by atoms with Gasteiger partial charge in [0, 0.05) is 34.3 Å². The molecule has 0 spiro atoms. The molecule has 8 nitrogen and oxygen atoms in total. The summed E-state index contributed by atoms with van der Waals surface area (Å²) in [6.45, 7) is -0.599. The van der Waals surface area contributed by atoms with Crippen molar-refractivity contribution in [2.75, 3.05) is 10.6 Å². The van der Waals surface area contributed by atoms with Crippen LogP contribution in [0.2, 0.25) is 0 Å². The molecular formula is C26H24FN5O3. The van der Waals surface area contributed by atoms with Crippen LogP contribution >= 0.6 is 0 Å². The Labute approximate surface area is 200 Å². The molecule has 5 N–H and O–H groups in total. The number of amides is 1. The summed E-state index contributed by atoms with van der Waals surface area (Å²) in [5.41, 5.74) is 9.82. The molecule has 1 aliphatic heterocycles. The largest absolute Gasteiger partial charge is 0.392 e. The first-order chi connectivity index (χ1) is 17.0. The molecule has 2 atom stereocenters. The third-order valence-corrected chi connectivity index (χ3v) is 6.94. The first-order valence-electron chi connectivity index (χ1n) is 11.6. The van der Waals surface area contributed by atoms with Gasteiger partial charge in [0.2, 0.25) is 11.9 Å². The van der Waals surface area contributed by atoms with Crippen molar-refractivity contribution in [3.05, 3.63) is 71.4 Å². The number of anilines is 2. The second kappa shape index (κ2) is 8.14. The number of nitrogen functional groups attached to an aromatic ring is 1. The van der Waals surface area contributed by atoms with Crippen molar-refractivity contribution in [2.45, 2.75) is 26.1 Å². The lowest BCUT2D eigenvalue weighted by Gasteiger charge is -2.34. The molecule has 3 aromatic rings. The Morgan fingerprint density at radius 3 is 2.77 bits per heavy atom. The Balaban J connectivity index is 1.45. The topological polar surface area (TPSA) is 128 Å². The first-order valence-corrected chi connectivity index (χ1v) is 11.6. The third-order valence-electron chi connectivity index (χ3n) is 6.94. The molecule has 2 aliphatic carbocycles. The van der Waals surface area contributed by atoms with E-state index in [-0.39, 0.29) is 31.0 Å². The van der Waals surface area contributed by atoms with Crippen molar-refractivity contribution in [3.63, 3.8) is 0 Å². The van der Waals surface area contributed by atoms with Gasteiger partial charge in [0.25, 0.3) is 0 Å². The number of aromatic amines is 1. The fourth-order valence-corrected chi connectivity index (χ4v) is 5.09. The van der Waals surface area contributed by atoms with E-state index in [4.69, 9.17) is 5.73 Å². The molecule has 6 rings (SSSR count). The quantitative estimate of drug-likeness (QED) is 0.449. The van der Waals surface area contributed by atoms with Crippen molar-refractivity contribution < 1.29 is 19.4 Å². The number of nitrogens with zero attached hydrogens (tertiary/aromatic N) is 3. The highest BCUT2D eigenvalue weighted by molar-refractivity contribution is 6.02. The van der Waals surface area contributed by atoms with Crippen LogP contribution < -0.4 is 10.6 Å². The maximum atomic E-state index is 15.1. The molecule has 2 unspecified atom stereocenters. The SMILES string of the molecule is Nc1nc(-c2cccc(N3C=CC4C=C(C5CC5)C=C(F)C4C3=O)c2CO)c2cc(CO)[nH]c2n1. The minimum absolute atomic E-state index is 0.0255. The number of hydrogen-bond donors (Lipinski definition) is 4. The summed E-state index contributed by atoms with van der Waals surface area (Å²) in [5, 5.41) is 20.5. The lowest BCUT2D eigenvalue weighted by molar-refractivity contribution is -0.122. The van der Waals surface area contributed by atoms with E-state index in [0.29, 0.717) is 45.2 Å². The molecule has 3 aliphatic rings. The molecular weight excluding hydrogens is 449 g/mol. The third kappa shape index (κ3) is 3.55. The summed E-state index contributed by atoms with van der Waals surface area (Å²) in [7, 11) is 0. The number of rotatable bonds is 5. The van der Waals surface area contributed by atoms with Gasteiger partial charge in [-0.25, -0.2) is 9.37 Å². The normalized spacial score (nSPS) is 21.8. The van der Waals surface area contributed by atoms with Gasteiger partial charge in [0.1, 0.15) is 17.4 Å². The Kier molecular flexibility index (Phi) is 5.05. The van der Waals surface area contributed by atoms with Gasteiger partial charge in [0.15, 0.2) is 0 Å². The molecule has 3 heterocycles. The van der Waals surface area contributed by atoms with E-state index in [0.717, 1.165) is 18.4 Å². The average Bonchev–Trinajstić information content (AvgIpc) is 3.62. The van der Waals surface area contributed by atoms with E-state index in [1.165, 1.54) is 11.0 Å². The number of aliphatic hydroxyl groups excluding tert-OH is 2. The standard InChI is InChI=1S/C26H24FN5O3/c27-20-9-15(13-4-5-13)8-14-6-7-32(25(35)22(14)20)21-3-1-2-17(19(21)12-34)23-18-10-16(11-33)29-24(18)31-26(28)30-23/h1-3,6-10,13-14,22,33-34H,4-5,11-12H2,(H3,28,29,30,31). The van der Waals surface area contributed by atoms with Gasteiger partial charge < -0.3 is 20.9 Å². The van der Waals surface area contributed by atoms with Crippen LogP contribution in [-0.2, 0) is 18.0 Å². The number of H-pyrrole nitrogens is 1. The molecule has 1 aromatic carbocycles. The molecule has 0 radical (unpaired) electrons. The maximum Gasteiger partial charge on any atom is 0.241 e. The fraction of sp³-hybridized carbons (Fsp3) is 0.269. The molecule has 9 heteroatoms. The number of aliphatic hydroxyl groups is 2. The van der Waals surface area contributed by atoms with Gasteiger partial charge in [-0.05, 0) is 42.5 Å². The van der Waals surface area contributed by atoms with Crippen LogP contribution in [0.3, 0.4) is 0 Å². The number of fused-ring (bicyclic) bond motifs is 2. The summed E-state index contributed by atoms with van der Waals surface area (Å²) < 4.78 is 15.1. The Hall–Kier alpha value is -3.82. The summed E-state index contributed by atoms with van der Waals surface area (Å²) in [6.07, 6.45) is 9.14. The maximum absolute atomic E-state index is 15.1. The number of carbonyl (C=O) groups is 1. The molecule has 1 fully saturated rings. The molecule has 1 saturated carbocycles. The number of allylic oxidation sites excluding steroid dienone is 4. The number of nitrogens with one attached hydrogen (secondary N) is 1. The summed E-state index contributed by atoms with van der Waals surface area (Å²) in [4.78, 5) is 26.5. The van der Waals surface area contributed by atoms with Crippen LogP contribution in [-0.4, -0.2) is 31.1 Å². The van der Waals surface area contributed by atoms with E-state index < -0.39 is 11.7 Å². The van der Waals surface area contributed by atoms with Crippen molar-refractivity contribution in [1.29, 1.82) is 0 Å². The monoisotopic (exact) mass is 473 g/mol. The van der Waals surface area contributed by atoms with Crippen LogP contribution in [0.5, 0.6) is 0 Å². The van der Waals surface area contributed by atoms with Crippen molar-refractivity contribution in [2.24, 2.45) is 17.8 Å². The van der Waals surface area contributed by atoms with E-state index in [1.807, 2.05) is 12.2 Å². The van der Waals surface area contributed by atoms with Gasteiger partial charge in [-0.1, -0.05) is 24.3 Å². The van der Waals surface area contributed by atoms with Crippen LogP contribution in [0.4, 0.5) is 16.0 Å².